The average molecular weight is 181 g/mol. The summed E-state index contributed by atoms with van der Waals surface area (Å²) in [6, 6.07) is 8.34. The van der Waals surface area contributed by atoms with Gasteiger partial charge in [-0.3, -0.25) is 4.90 Å². The van der Waals surface area contributed by atoms with Crippen molar-refractivity contribution >= 4 is 0 Å². The van der Waals surface area contributed by atoms with Gasteiger partial charge in [-0.1, -0.05) is 29.8 Å². The first kappa shape index (κ1) is 10.2. The van der Waals surface area contributed by atoms with Crippen LogP contribution in [0.4, 0.5) is 4.39 Å². The van der Waals surface area contributed by atoms with E-state index in [4.69, 9.17) is 0 Å². The van der Waals surface area contributed by atoms with E-state index in [0.29, 0.717) is 6.54 Å². The molecule has 2 heteroatoms. The number of aryl methyl sites for hydroxylation is 1. The molecule has 0 radical (unpaired) electrons. The van der Waals surface area contributed by atoms with Crippen molar-refractivity contribution in [3.63, 3.8) is 0 Å². The van der Waals surface area contributed by atoms with E-state index >= 15 is 0 Å². The normalized spacial score (nSPS) is 10.8. The predicted molar refractivity (Wildman–Crippen MR) is 53.5 cm³/mol. The van der Waals surface area contributed by atoms with Crippen LogP contribution in [0.5, 0.6) is 0 Å². The minimum absolute atomic E-state index is 0.275. The smallest absolute Gasteiger partial charge is 0.102 e. The number of halogens is 1. The summed E-state index contributed by atoms with van der Waals surface area (Å²) in [5.74, 6) is 0. The second-order valence-corrected chi connectivity index (χ2v) is 3.41. The summed E-state index contributed by atoms with van der Waals surface area (Å²) in [5.41, 5.74) is 2.50. The molecule has 0 spiro atoms. The molecule has 0 unspecified atom stereocenters. The summed E-state index contributed by atoms with van der Waals surface area (Å²) in [4.78, 5) is 1.98. The van der Waals surface area contributed by atoms with Gasteiger partial charge in [-0.15, -0.1) is 0 Å². The zero-order chi connectivity index (χ0) is 9.68. The highest BCUT2D eigenvalue weighted by molar-refractivity contribution is 5.21. The Hall–Kier alpha value is -0.890. The molecule has 1 aromatic carbocycles. The predicted octanol–water partition coefficient (Wildman–Crippen LogP) is 2.40. The number of rotatable bonds is 4. The van der Waals surface area contributed by atoms with E-state index < -0.39 is 0 Å². The Morgan fingerprint density at radius 3 is 2.38 bits per heavy atom. The van der Waals surface area contributed by atoms with Gasteiger partial charge in [-0.2, -0.15) is 0 Å². The highest BCUT2D eigenvalue weighted by atomic mass is 19.1. The Morgan fingerprint density at radius 1 is 1.23 bits per heavy atom. The third-order valence-electron chi connectivity index (χ3n) is 2.04. The minimum atomic E-state index is -0.275. The highest BCUT2D eigenvalue weighted by Gasteiger charge is 1.98. The fourth-order valence-electron chi connectivity index (χ4n) is 1.23. The molecule has 0 saturated heterocycles. The lowest BCUT2D eigenvalue weighted by Crippen LogP contribution is -2.20. The van der Waals surface area contributed by atoms with Gasteiger partial charge in [0.25, 0.3) is 0 Å². The third kappa shape index (κ3) is 3.55. The quantitative estimate of drug-likeness (QED) is 0.689. The number of alkyl halides is 1. The number of hydrogen-bond donors (Lipinski definition) is 0. The van der Waals surface area contributed by atoms with E-state index in [1.54, 1.807) is 0 Å². The Morgan fingerprint density at radius 2 is 1.85 bits per heavy atom. The lowest BCUT2D eigenvalue weighted by molar-refractivity contribution is 0.289. The Balaban J connectivity index is 2.49. The number of benzene rings is 1. The summed E-state index contributed by atoms with van der Waals surface area (Å²) in [7, 11) is 1.93. The molecule has 0 saturated carbocycles. The molecular formula is C11H16FN. The van der Waals surface area contributed by atoms with Crippen LogP contribution in [0.3, 0.4) is 0 Å². The van der Waals surface area contributed by atoms with Crippen LogP contribution in [0.25, 0.3) is 0 Å². The minimum Gasteiger partial charge on any atom is -0.300 e. The average Bonchev–Trinajstić information content (AvgIpc) is 2.09. The van der Waals surface area contributed by atoms with E-state index in [9.17, 15) is 4.39 Å². The van der Waals surface area contributed by atoms with E-state index in [1.165, 1.54) is 11.1 Å². The molecule has 0 aliphatic carbocycles. The molecule has 0 aliphatic heterocycles. The Labute approximate surface area is 79.2 Å². The van der Waals surface area contributed by atoms with Crippen molar-refractivity contribution in [3.8, 4) is 0 Å². The molecule has 1 aromatic rings. The standard InChI is InChI=1S/C11H16FN/c1-10-3-5-11(6-4-10)9-13(2)8-7-12/h3-6H,7-9H2,1-2H3. The summed E-state index contributed by atoms with van der Waals surface area (Å²) in [6.07, 6.45) is 0. The van der Waals surface area contributed by atoms with E-state index in [2.05, 4.69) is 31.2 Å². The zero-order valence-corrected chi connectivity index (χ0v) is 8.26. The fraction of sp³-hybridized carbons (Fsp3) is 0.455. The molecule has 72 valence electrons. The molecule has 0 N–H and O–H groups in total. The van der Waals surface area contributed by atoms with Gasteiger partial charge >= 0.3 is 0 Å². The van der Waals surface area contributed by atoms with Crippen LogP contribution in [0.15, 0.2) is 24.3 Å². The van der Waals surface area contributed by atoms with Gasteiger partial charge in [0, 0.05) is 13.1 Å². The van der Waals surface area contributed by atoms with Crippen LogP contribution in [0.1, 0.15) is 11.1 Å². The third-order valence-corrected chi connectivity index (χ3v) is 2.04. The van der Waals surface area contributed by atoms with Gasteiger partial charge in [0.2, 0.25) is 0 Å². The largest absolute Gasteiger partial charge is 0.300 e. The molecule has 0 atom stereocenters. The maximum Gasteiger partial charge on any atom is 0.102 e. The first-order chi connectivity index (χ1) is 6.22. The van der Waals surface area contributed by atoms with Gasteiger partial charge in [-0.25, -0.2) is 4.39 Å². The molecule has 1 nitrogen and oxygen atoms in total. The van der Waals surface area contributed by atoms with Crippen LogP contribution in [-0.2, 0) is 6.54 Å². The molecule has 0 fully saturated rings. The van der Waals surface area contributed by atoms with Crippen molar-refractivity contribution in [2.45, 2.75) is 13.5 Å². The molecule has 0 aliphatic rings. The van der Waals surface area contributed by atoms with Gasteiger partial charge in [0.15, 0.2) is 0 Å². The Bertz CT molecular complexity index is 243. The molecule has 0 amide bonds. The van der Waals surface area contributed by atoms with Gasteiger partial charge < -0.3 is 0 Å². The molecule has 0 heterocycles. The van der Waals surface area contributed by atoms with Crippen molar-refractivity contribution in [2.24, 2.45) is 0 Å². The van der Waals surface area contributed by atoms with Crippen molar-refractivity contribution < 1.29 is 4.39 Å². The maximum absolute atomic E-state index is 12.0. The van der Waals surface area contributed by atoms with Crippen LogP contribution >= 0.6 is 0 Å². The summed E-state index contributed by atoms with van der Waals surface area (Å²) >= 11 is 0. The van der Waals surface area contributed by atoms with E-state index in [1.807, 2.05) is 11.9 Å². The lowest BCUT2D eigenvalue weighted by Gasteiger charge is -2.14. The van der Waals surface area contributed by atoms with E-state index in [-0.39, 0.29) is 6.67 Å². The number of nitrogens with zero attached hydrogens (tertiary/aromatic N) is 1. The van der Waals surface area contributed by atoms with Crippen molar-refractivity contribution in [1.82, 2.24) is 4.90 Å². The first-order valence-corrected chi connectivity index (χ1v) is 4.52. The maximum atomic E-state index is 12.0. The van der Waals surface area contributed by atoms with Crippen LogP contribution in [0, 0.1) is 6.92 Å². The van der Waals surface area contributed by atoms with Gasteiger partial charge in [0.05, 0.1) is 0 Å². The topological polar surface area (TPSA) is 3.24 Å². The number of hydrogen-bond acceptors (Lipinski definition) is 1. The molecule has 0 aromatic heterocycles. The summed E-state index contributed by atoms with van der Waals surface area (Å²) in [5, 5.41) is 0. The van der Waals surface area contributed by atoms with Crippen LogP contribution in [-0.4, -0.2) is 25.2 Å². The molecule has 1 rings (SSSR count). The molecule has 13 heavy (non-hydrogen) atoms. The Kier molecular flexibility index (Phi) is 3.90. The summed E-state index contributed by atoms with van der Waals surface area (Å²) < 4.78 is 12.0. The second kappa shape index (κ2) is 4.97. The first-order valence-electron chi connectivity index (χ1n) is 4.52. The SMILES string of the molecule is Cc1ccc(CN(C)CCF)cc1. The highest BCUT2D eigenvalue weighted by Crippen LogP contribution is 2.05. The molecular weight excluding hydrogens is 165 g/mol. The second-order valence-electron chi connectivity index (χ2n) is 3.41. The van der Waals surface area contributed by atoms with Crippen LogP contribution < -0.4 is 0 Å². The fourth-order valence-corrected chi connectivity index (χ4v) is 1.23. The van der Waals surface area contributed by atoms with Gasteiger partial charge in [0.1, 0.15) is 6.67 Å². The van der Waals surface area contributed by atoms with Gasteiger partial charge in [-0.05, 0) is 19.5 Å². The van der Waals surface area contributed by atoms with Crippen molar-refractivity contribution in [3.05, 3.63) is 35.4 Å². The van der Waals surface area contributed by atoms with Crippen molar-refractivity contribution in [1.29, 1.82) is 0 Å². The monoisotopic (exact) mass is 181 g/mol. The molecule has 0 bridgehead atoms. The van der Waals surface area contributed by atoms with Crippen molar-refractivity contribution in [2.75, 3.05) is 20.3 Å². The lowest BCUT2D eigenvalue weighted by atomic mass is 10.1. The van der Waals surface area contributed by atoms with Crippen LogP contribution in [0.2, 0.25) is 0 Å². The summed E-state index contributed by atoms with van der Waals surface area (Å²) in [6.45, 7) is 3.12. The van der Waals surface area contributed by atoms with E-state index in [0.717, 1.165) is 6.54 Å². The zero-order valence-electron chi connectivity index (χ0n) is 8.26.